The molecular weight excluding hydrogens is 440 g/mol. The topological polar surface area (TPSA) is 87.2 Å². The zero-order chi connectivity index (χ0) is 23.6. The highest BCUT2D eigenvalue weighted by atomic mass is 32.2. The second kappa shape index (κ2) is 9.73. The van der Waals surface area contributed by atoms with Gasteiger partial charge < -0.3 is 19.6 Å². The molecule has 3 aliphatic heterocycles. The van der Waals surface area contributed by atoms with Crippen LogP contribution in [0.25, 0.3) is 0 Å². The minimum atomic E-state index is -0.738. The summed E-state index contributed by atoms with van der Waals surface area (Å²) in [5, 5.41) is 9.65. The van der Waals surface area contributed by atoms with E-state index in [1.807, 2.05) is 30.3 Å². The minimum absolute atomic E-state index is 0.0511. The van der Waals surface area contributed by atoms with Gasteiger partial charge in [-0.05, 0) is 18.4 Å². The van der Waals surface area contributed by atoms with Gasteiger partial charge in [-0.25, -0.2) is 0 Å². The van der Waals surface area contributed by atoms with Crippen molar-refractivity contribution in [2.24, 2.45) is 11.8 Å². The van der Waals surface area contributed by atoms with Gasteiger partial charge in [-0.3, -0.25) is 14.4 Å². The van der Waals surface area contributed by atoms with Crippen LogP contribution in [-0.4, -0.2) is 75.0 Å². The van der Waals surface area contributed by atoms with Gasteiger partial charge in [-0.1, -0.05) is 49.1 Å². The van der Waals surface area contributed by atoms with E-state index in [-0.39, 0.29) is 36.8 Å². The summed E-state index contributed by atoms with van der Waals surface area (Å²) in [5.41, 5.74) is 0.981. The van der Waals surface area contributed by atoms with Crippen LogP contribution in [0, 0.1) is 11.8 Å². The van der Waals surface area contributed by atoms with Crippen molar-refractivity contribution >= 4 is 29.5 Å². The summed E-state index contributed by atoms with van der Waals surface area (Å²) in [6.07, 6.45) is 4.61. The molecule has 2 unspecified atom stereocenters. The minimum Gasteiger partial charge on any atom is -0.461 e. The highest BCUT2D eigenvalue weighted by Crippen LogP contribution is 2.66. The number of rotatable bonds is 10. The van der Waals surface area contributed by atoms with Crippen molar-refractivity contribution in [2.45, 2.75) is 35.4 Å². The molecule has 1 aromatic rings. The number of thioether (sulfide) groups is 1. The van der Waals surface area contributed by atoms with E-state index in [4.69, 9.17) is 4.74 Å². The van der Waals surface area contributed by atoms with E-state index in [2.05, 4.69) is 13.2 Å². The first-order chi connectivity index (χ1) is 16.0. The fourth-order valence-corrected chi connectivity index (χ4v) is 7.85. The standard InChI is InChI=1S/C25H30N2O5S/c1-3-12-26(16-17-8-6-5-7-9-17)23(30)21-25-11-10-18(33-25)19(24(31)32-15-4-2)20(25)22(29)27(21)13-14-28/h3-9,18-21,28H,1-2,10-16H2/t18-,19+,20-,21?,25?/m0/s1. The summed E-state index contributed by atoms with van der Waals surface area (Å²) in [5.74, 6) is -2.03. The van der Waals surface area contributed by atoms with E-state index in [9.17, 15) is 19.5 Å². The van der Waals surface area contributed by atoms with Gasteiger partial charge in [0, 0.05) is 24.9 Å². The number of hydrogen-bond acceptors (Lipinski definition) is 6. The third-order valence-electron chi connectivity index (χ3n) is 6.87. The Morgan fingerprint density at radius 2 is 2.03 bits per heavy atom. The summed E-state index contributed by atoms with van der Waals surface area (Å²) >= 11 is 1.59. The quantitative estimate of drug-likeness (QED) is 0.416. The number of aliphatic hydroxyl groups is 1. The first kappa shape index (κ1) is 23.6. The Morgan fingerprint density at radius 3 is 2.70 bits per heavy atom. The number of aliphatic hydroxyl groups excluding tert-OH is 1. The lowest BCUT2D eigenvalue weighted by Crippen LogP contribution is -2.54. The van der Waals surface area contributed by atoms with Crippen LogP contribution in [0.5, 0.6) is 0 Å². The van der Waals surface area contributed by atoms with Gasteiger partial charge in [0.2, 0.25) is 11.8 Å². The molecule has 5 atom stereocenters. The maximum atomic E-state index is 14.0. The molecule has 0 radical (unpaired) electrons. The second-order valence-electron chi connectivity index (χ2n) is 8.72. The van der Waals surface area contributed by atoms with E-state index in [0.29, 0.717) is 19.5 Å². The van der Waals surface area contributed by atoms with E-state index in [1.54, 1.807) is 22.7 Å². The number of β-amino-alcohol motifs (C(OH)–C–C–N with tert-alkyl or cyclic N) is 1. The van der Waals surface area contributed by atoms with Gasteiger partial charge in [-0.15, -0.1) is 18.3 Å². The van der Waals surface area contributed by atoms with Gasteiger partial charge >= 0.3 is 5.97 Å². The lowest BCUT2D eigenvalue weighted by molar-refractivity contribution is -0.153. The molecule has 0 saturated carbocycles. The van der Waals surface area contributed by atoms with Crippen LogP contribution < -0.4 is 0 Å². The SMILES string of the molecule is C=CCOC(=O)[C@@H]1[C@@H]2CCC3(S2)C(C(=O)N(CC=C)Cc2ccccc2)N(CCO)C(=O)[C@H]13. The first-order valence-electron chi connectivity index (χ1n) is 11.3. The van der Waals surface area contributed by atoms with E-state index >= 15 is 0 Å². The third kappa shape index (κ3) is 3.99. The summed E-state index contributed by atoms with van der Waals surface area (Å²) in [4.78, 5) is 43.7. The Hall–Kier alpha value is -2.58. The fraction of sp³-hybridized carbons (Fsp3) is 0.480. The van der Waals surface area contributed by atoms with Crippen LogP contribution in [0.2, 0.25) is 0 Å². The average molecular weight is 471 g/mol. The van der Waals surface area contributed by atoms with Crippen molar-refractivity contribution in [2.75, 3.05) is 26.3 Å². The van der Waals surface area contributed by atoms with E-state index < -0.39 is 28.6 Å². The van der Waals surface area contributed by atoms with Crippen molar-refractivity contribution in [3.8, 4) is 0 Å². The molecule has 2 amide bonds. The van der Waals surface area contributed by atoms with Gasteiger partial charge in [-0.2, -0.15) is 0 Å². The molecule has 1 spiro atoms. The highest BCUT2D eigenvalue weighted by Gasteiger charge is 2.74. The molecule has 3 aliphatic rings. The van der Waals surface area contributed by atoms with Crippen molar-refractivity contribution in [1.29, 1.82) is 0 Å². The maximum Gasteiger partial charge on any atom is 0.311 e. The molecule has 33 heavy (non-hydrogen) atoms. The molecule has 3 saturated heterocycles. The summed E-state index contributed by atoms with van der Waals surface area (Å²) in [7, 11) is 0. The molecule has 0 aromatic heterocycles. The molecule has 7 nitrogen and oxygen atoms in total. The molecule has 1 aromatic carbocycles. The van der Waals surface area contributed by atoms with Crippen LogP contribution in [0.1, 0.15) is 18.4 Å². The van der Waals surface area contributed by atoms with E-state index in [1.165, 1.54) is 11.0 Å². The number of nitrogens with zero attached hydrogens (tertiary/aromatic N) is 2. The summed E-state index contributed by atoms with van der Waals surface area (Å²) in [6.45, 7) is 8.02. The number of fused-ring (bicyclic) bond motifs is 1. The molecule has 2 bridgehead atoms. The number of carbonyl (C=O) groups excluding carboxylic acids is 3. The average Bonchev–Trinajstić information content (AvgIpc) is 3.45. The number of esters is 1. The van der Waals surface area contributed by atoms with Crippen LogP contribution in [-0.2, 0) is 25.7 Å². The van der Waals surface area contributed by atoms with Crippen LogP contribution in [0.3, 0.4) is 0 Å². The number of ether oxygens (including phenoxy) is 1. The molecular formula is C25H30N2O5S. The Labute approximate surface area is 198 Å². The summed E-state index contributed by atoms with van der Waals surface area (Å²) in [6, 6.07) is 8.94. The number of carbonyl (C=O) groups is 3. The Balaban J connectivity index is 1.68. The van der Waals surface area contributed by atoms with Gasteiger partial charge in [0.05, 0.1) is 23.2 Å². The number of hydrogen-bond donors (Lipinski definition) is 1. The number of likely N-dealkylation sites (tertiary alicyclic amines) is 1. The molecule has 3 heterocycles. The third-order valence-corrected chi connectivity index (χ3v) is 8.82. The van der Waals surface area contributed by atoms with E-state index in [0.717, 1.165) is 12.0 Å². The lowest BCUT2D eigenvalue weighted by Gasteiger charge is -2.37. The summed E-state index contributed by atoms with van der Waals surface area (Å²) < 4.78 is 4.65. The van der Waals surface area contributed by atoms with Crippen molar-refractivity contribution < 1.29 is 24.2 Å². The second-order valence-corrected chi connectivity index (χ2v) is 10.3. The van der Waals surface area contributed by atoms with Crippen LogP contribution >= 0.6 is 11.8 Å². The van der Waals surface area contributed by atoms with Crippen molar-refractivity contribution in [1.82, 2.24) is 9.80 Å². The predicted octanol–water partition coefficient (Wildman–Crippen LogP) is 2.01. The molecule has 4 rings (SSSR count). The van der Waals surface area contributed by atoms with Crippen molar-refractivity contribution in [3.05, 3.63) is 61.2 Å². The van der Waals surface area contributed by atoms with Crippen LogP contribution in [0.15, 0.2) is 55.6 Å². The monoisotopic (exact) mass is 470 g/mol. The maximum absolute atomic E-state index is 14.0. The predicted molar refractivity (Wildman–Crippen MR) is 126 cm³/mol. The molecule has 176 valence electrons. The zero-order valence-electron chi connectivity index (χ0n) is 18.6. The molecule has 1 N–H and O–H groups in total. The molecule has 3 fully saturated rings. The fourth-order valence-electron chi connectivity index (χ4n) is 5.65. The first-order valence-corrected chi connectivity index (χ1v) is 12.2. The Bertz CT molecular complexity index is 938. The zero-order valence-corrected chi connectivity index (χ0v) is 19.4. The smallest absolute Gasteiger partial charge is 0.311 e. The Morgan fingerprint density at radius 1 is 1.27 bits per heavy atom. The largest absolute Gasteiger partial charge is 0.461 e. The number of amides is 2. The normalized spacial score (nSPS) is 29.6. The Kier molecular flexibility index (Phi) is 6.95. The van der Waals surface area contributed by atoms with Gasteiger partial charge in [0.15, 0.2) is 0 Å². The lowest BCUT2D eigenvalue weighted by atomic mass is 9.71. The van der Waals surface area contributed by atoms with Gasteiger partial charge in [0.1, 0.15) is 12.6 Å². The van der Waals surface area contributed by atoms with Crippen molar-refractivity contribution in [3.63, 3.8) is 0 Å². The molecule has 8 heteroatoms. The van der Waals surface area contributed by atoms with Crippen LogP contribution in [0.4, 0.5) is 0 Å². The molecule has 0 aliphatic carbocycles. The number of benzene rings is 1. The van der Waals surface area contributed by atoms with Gasteiger partial charge in [0.25, 0.3) is 0 Å². The highest BCUT2D eigenvalue weighted by molar-refractivity contribution is 8.02.